The molecule has 1 fully saturated rings. The lowest BCUT2D eigenvalue weighted by Gasteiger charge is -2.32. The zero-order valence-electron chi connectivity index (χ0n) is 12.4. The predicted octanol–water partition coefficient (Wildman–Crippen LogP) is 1.79. The van der Waals surface area contributed by atoms with Crippen LogP contribution in [-0.4, -0.2) is 43.7 Å². The molecule has 1 aromatic rings. The van der Waals surface area contributed by atoms with Gasteiger partial charge in [-0.3, -0.25) is 9.69 Å². The molecule has 0 spiro atoms. The summed E-state index contributed by atoms with van der Waals surface area (Å²) in [5.41, 5.74) is 7.43. The van der Waals surface area contributed by atoms with Crippen LogP contribution in [0.2, 0.25) is 0 Å². The number of carbonyl (C=O) groups excluding carboxylic acids is 1. The van der Waals surface area contributed by atoms with Crippen LogP contribution in [0.25, 0.3) is 0 Å². The second-order valence-corrected chi connectivity index (χ2v) is 5.03. The number of halogens is 1. The highest BCUT2D eigenvalue weighted by Gasteiger charge is 2.18. The Hall–Kier alpha value is -1.14. The van der Waals surface area contributed by atoms with Gasteiger partial charge < -0.3 is 15.8 Å². The lowest BCUT2D eigenvalue weighted by Crippen LogP contribution is -2.37. The zero-order valence-corrected chi connectivity index (χ0v) is 13.2. The molecule has 6 heteroatoms. The van der Waals surface area contributed by atoms with Gasteiger partial charge in [0.2, 0.25) is 5.91 Å². The summed E-state index contributed by atoms with van der Waals surface area (Å²) in [7, 11) is 0. The molecule has 2 rings (SSSR count). The molecule has 1 aliphatic heterocycles. The van der Waals surface area contributed by atoms with Crippen LogP contribution in [0.4, 0.5) is 5.69 Å². The van der Waals surface area contributed by atoms with Crippen LogP contribution in [0.1, 0.15) is 24.9 Å². The predicted molar refractivity (Wildman–Crippen MR) is 86.8 cm³/mol. The van der Waals surface area contributed by atoms with E-state index in [0.717, 1.165) is 32.0 Å². The van der Waals surface area contributed by atoms with E-state index in [1.807, 2.05) is 12.1 Å². The van der Waals surface area contributed by atoms with Crippen molar-refractivity contribution < 1.29 is 9.53 Å². The molecule has 0 aromatic heterocycles. The fourth-order valence-electron chi connectivity index (χ4n) is 2.38. The van der Waals surface area contributed by atoms with E-state index in [4.69, 9.17) is 10.5 Å². The standard InChI is InChI=1S/C15H23N3O2.ClH/c1-12(18-8-10-20-11-9-18)13-2-4-14(5-3-13)17-15(19)6-7-16;/h2-5,12H,6-11,16H2,1H3,(H,17,19);1H. The van der Waals surface area contributed by atoms with Crippen molar-refractivity contribution in [2.24, 2.45) is 5.73 Å². The second kappa shape index (κ2) is 9.00. The van der Waals surface area contributed by atoms with E-state index in [0.29, 0.717) is 19.0 Å². The van der Waals surface area contributed by atoms with Crippen LogP contribution in [-0.2, 0) is 9.53 Å². The number of ether oxygens (including phenoxy) is 1. The molecule has 0 aliphatic carbocycles. The third kappa shape index (κ3) is 5.28. The van der Waals surface area contributed by atoms with E-state index in [1.54, 1.807) is 0 Å². The van der Waals surface area contributed by atoms with Crippen molar-refractivity contribution >= 4 is 24.0 Å². The largest absolute Gasteiger partial charge is 0.379 e. The third-order valence-electron chi connectivity index (χ3n) is 3.64. The van der Waals surface area contributed by atoms with Crippen LogP contribution in [0.3, 0.4) is 0 Å². The van der Waals surface area contributed by atoms with E-state index in [1.165, 1.54) is 5.56 Å². The first-order valence-corrected chi connectivity index (χ1v) is 7.12. The van der Waals surface area contributed by atoms with Gasteiger partial charge in [-0.1, -0.05) is 12.1 Å². The summed E-state index contributed by atoms with van der Waals surface area (Å²) in [4.78, 5) is 13.9. The van der Waals surface area contributed by atoms with E-state index in [-0.39, 0.29) is 18.3 Å². The van der Waals surface area contributed by atoms with E-state index in [2.05, 4.69) is 29.3 Å². The first-order valence-electron chi connectivity index (χ1n) is 7.12. The highest BCUT2D eigenvalue weighted by molar-refractivity contribution is 5.90. The highest BCUT2D eigenvalue weighted by Crippen LogP contribution is 2.22. The summed E-state index contributed by atoms with van der Waals surface area (Å²) in [6.07, 6.45) is 0.353. The number of amides is 1. The molecule has 1 amide bonds. The third-order valence-corrected chi connectivity index (χ3v) is 3.64. The average molecular weight is 314 g/mol. The quantitative estimate of drug-likeness (QED) is 0.869. The number of hydrogen-bond acceptors (Lipinski definition) is 4. The Morgan fingerprint density at radius 1 is 1.33 bits per heavy atom. The fourth-order valence-corrected chi connectivity index (χ4v) is 2.38. The molecule has 3 N–H and O–H groups in total. The minimum Gasteiger partial charge on any atom is -0.379 e. The number of morpholine rings is 1. The van der Waals surface area contributed by atoms with Gasteiger partial charge in [0.25, 0.3) is 0 Å². The topological polar surface area (TPSA) is 67.6 Å². The van der Waals surface area contributed by atoms with Crippen LogP contribution < -0.4 is 11.1 Å². The summed E-state index contributed by atoms with van der Waals surface area (Å²) < 4.78 is 5.37. The smallest absolute Gasteiger partial charge is 0.225 e. The second-order valence-electron chi connectivity index (χ2n) is 5.03. The maximum Gasteiger partial charge on any atom is 0.225 e. The number of rotatable bonds is 5. The lowest BCUT2D eigenvalue weighted by molar-refractivity contribution is -0.116. The average Bonchev–Trinajstić information content (AvgIpc) is 2.48. The van der Waals surface area contributed by atoms with Crippen molar-refractivity contribution in [1.29, 1.82) is 0 Å². The van der Waals surface area contributed by atoms with Gasteiger partial charge in [0.15, 0.2) is 0 Å². The van der Waals surface area contributed by atoms with Crippen molar-refractivity contribution in [3.05, 3.63) is 29.8 Å². The number of benzene rings is 1. The normalized spacial score (nSPS) is 16.9. The molecule has 118 valence electrons. The van der Waals surface area contributed by atoms with Crippen LogP contribution in [0, 0.1) is 0 Å². The zero-order chi connectivity index (χ0) is 14.4. The van der Waals surface area contributed by atoms with Gasteiger partial charge in [-0.2, -0.15) is 0 Å². The van der Waals surface area contributed by atoms with Gasteiger partial charge in [-0.15, -0.1) is 12.4 Å². The van der Waals surface area contributed by atoms with Gasteiger partial charge >= 0.3 is 0 Å². The van der Waals surface area contributed by atoms with Gasteiger partial charge in [-0.25, -0.2) is 0 Å². The summed E-state index contributed by atoms with van der Waals surface area (Å²) in [6.45, 7) is 6.12. The lowest BCUT2D eigenvalue weighted by atomic mass is 10.1. The van der Waals surface area contributed by atoms with Crippen molar-refractivity contribution in [1.82, 2.24) is 4.90 Å². The minimum atomic E-state index is -0.0403. The summed E-state index contributed by atoms with van der Waals surface area (Å²) in [5, 5.41) is 2.84. The molecule has 1 saturated heterocycles. The van der Waals surface area contributed by atoms with Crippen LogP contribution in [0.15, 0.2) is 24.3 Å². The monoisotopic (exact) mass is 313 g/mol. The highest BCUT2D eigenvalue weighted by atomic mass is 35.5. The van der Waals surface area contributed by atoms with E-state index < -0.39 is 0 Å². The Morgan fingerprint density at radius 2 is 1.95 bits per heavy atom. The molecular weight excluding hydrogens is 290 g/mol. The summed E-state index contributed by atoms with van der Waals surface area (Å²) in [6, 6.07) is 8.39. The molecule has 1 heterocycles. The Kier molecular flexibility index (Phi) is 7.67. The first-order chi connectivity index (χ1) is 9.70. The van der Waals surface area contributed by atoms with Gasteiger partial charge in [0, 0.05) is 37.8 Å². The molecule has 0 saturated carbocycles. The molecule has 1 aliphatic rings. The number of hydrogen-bond donors (Lipinski definition) is 2. The molecule has 1 aromatic carbocycles. The van der Waals surface area contributed by atoms with Gasteiger partial charge in [-0.05, 0) is 24.6 Å². The molecular formula is C15H24ClN3O2. The maximum absolute atomic E-state index is 11.5. The number of anilines is 1. The summed E-state index contributed by atoms with van der Waals surface area (Å²) >= 11 is 0. The van der Waals surface area contributed by atoms with Gasteiger partial charge in [0.05, 0.1) is 13.2 Å². The molecule has 0 bridgehead atoms. The number of nitrogens with zero attached hydrogens (tertiary/aromatic N) is 1. The maximum atomic E-state index is 11.5. The Balaban J connectivity index is 0.00000220. The molecule has 1 atom stereocenters. The van der Waals surface area contributed by atoms with E-state index >= 15 is 0 Å². The number of nitrogens with one attached hydrogen (secondary N) is 1. The Labute approximate surface area is 132 Å². The molecule has 1 unspecified atom stereocenters. The van der Waals surface area contributed by atoms with Crippen LogP contribution >= 0.6 is 12.4 Å². The Bertz CT molecular complexity index is 433. The van der Waals surface area contributed by atoms with Crippen molar-refractivity contribution in [2.45, 2.75) is 19.4 Å². The van der Waals surface area contributed by atoms with Gasteiger partial charge in [0.1, 0.15) is 0 Å². The van der Waals surface area contributed by atoms with Crippen LogP contribution in [0.5, 0.6) is 0 Å². The van der Waals surface area contributed by atoms with E-state index in [9.17, 15) is 4.79 Å². The molecule has 21 heavy (non-hydrogen) atoms. The number of carbonyl (C=O) groups is 1. The summed E-state index contributed by atoms with van der Waals surface area (Å²) in [5.74, 6) is -0.0403. The number of nitrogens with two attached hydrogens (primary N) is 1. The SMILES string of the molecule is CC(c1ccc(NC(=O)CCN)cc1)N1CCOCC1.Cl. The van der Waals surface area contributed by atoms with Crippen molar-refractivity contribution in [2.75, 3.05) is 38.2 Å². The Morgan fingerprint density at radius 3 is 2.52 bits per heavy atom. The fraction of sp³-hybridized carbons (Fsp3) is 0.533. The van der Waals surface area contributed by atoms with Crippen molar-refractivity contribution in [3.8, 4) is 0 Å². The minimum absolute atomic E-state index is 0. The molecule has 0 radical (unpaired) electrons. The first kappa shape index (κ1) is 17.9. The van der Waals surface area contributed by atoms with Crippen molar-refractivity contribution in [3.63, 3.8) is 0 Å². The molecule has 5 nitrogen and oxygen atoms in total.